The molecule has 2 aromatic heterocycles. The molecule has 0 radical (unpaired) electrons. The Morgan fingerprint density at radius 1 is 1.13 bits per heavy atom. The number of rotatable bonds is 6. The van der Waals surface area contributed by atoms with E-state index in [2.05, 4.69) is 10.3 Å². The molecule has 3 N–H and O–H groups in total. The molecule has 0 spiro atoms. The van der Waals surface area contributed by atoms with Gasteiger partial charge in [0.1, 0.15) is 5.75 Å². The van der Waals surface area contributed by atoms with E-state index in [0.717, 1.165) is 22.5 Å². The predicted molar refractivity (Wildman–Crippen MR) is 117 cm³/mol. The van der Waals surface area contributed by atoms with Crippen LogP contribution in [0.2, 0.25) is 0 Å². The Bertz CT molecular complexity index is 1220. The number of nitrogens with one attached hydrogen (secondary N) is 1. The number of hydrogen-bond donors (Lipinski definition) is 2. The van der Waals surface area contributed by atoms with E-state index >= 15 is 0 Å². The van der Waals surface area contributed by atoms with Gasteiger partial charge in [0, 0.05) is 23.6 Å². The summed E-state index contributed by atoms with van der Waals surface area (Å²) >= 11 is 0. The molecule has 0 saturated heterocycles. The number of anilines is 2. The smallest absolute Gasteiger partial charge is 0.262 e. The van der Waals surface area contributed by atoms with Gasteiger partial charge in [-0.05, 0) is 48.9 Å². The second kappa shape index (κ2) is 8.16. The topological polar surface area (TPSA) is 90.9 Å². The van der Waals surface area contributed by atoms with Gasteiger partial charge in [-0.2, -0.15) is 0 Å². The van der Waals surface area contributed by atoms with E-state index in [1.54, 1.807) is 13.2 Å². The largest absolute Gasteiger partial charge is 0.495 e. The Hall–Kier alpha value is -4.00. The Balaban J connectivity index is 1.53. The second-order valence-corrected chi connectivity index (χ2v) is 6.84. The van der Waals surface area contributed by atoms with Gasteiger partial charge in [-0.3, -0.25) is 4.79 Å². The summed E-state index contributed by atoms with van der Waals surface area (Å²) in [5.74, 6) is 0.900. The van der Waals surface area contributed by atoms with Gasteiger partial charge < -0.3 is 24.9 Å². The number of imidazole rings is 1. The first-order valence-corrected chi connectivity index (χ1v) is 9.45. The standard InChI is InChI=1S/C23H22N4O3/c1-15-6-3-4-7-18(15)25-22(28)14-30-21-8-5-11-27-13-19(26-23(21)27)16-9-10-20(29-2)17(24)12-16/h3-13H,14,24H2,1-2H3,(H,25,28). The number of nitrogens with two attached hydrogens (primary N) is 1. The van der Waals surface area contributed by atoms with Crippen molar-refractivity contribution in [3.63, 3.8) is 0 Å². The molecule has 30 heavy (non-hydrogen) atoms. The summed E-state index contributed by atoms with van der Waals surface area (Å²) in [7, 11) is 1.58. The lowest BCUT2D eigenvalue weighted by Crippen LogP contribution is -2.20. The van der Waals surface area contributed by atoms with Gasteiger partial charge in [0.15, 0.2) is 18.0 Å². The quantitative estimate of drug-likeness (QED) is 0.477. The molecular weight excluding hydrogens is 380 g/mol. The predicted octanol–water partition coefficient (Wildman–Crippen LogP) is 3.92. The van der Waals surface area contributed by atoms with Crippen LogP contribution in [0.5, 0.6) is 11.5 Å². The van der Waals surface area contributed by atoms with Gasteiger partial charge in [-0.25, -0.2) is 4.98 Å². The molecule has 0 saturated carbocycles. The summed E-state index contributed by atoms with van der Waals surface area (Å²) < 4.78 is 12.8. The fourth-order valence-electron chi connectivity index (χ4n) is 3.18. The van der Waals surface area contributed by atoms with Gasteiger partial charge in [-0.1, -0.05) is 18.2 Å². The van der Waals surface area contributed by atoms with Crippen molar-refractivity contribution in [1.29, 1.82) is 0 Å². The van der Waals surface area contributed by atoms with Crippen LogP contribution >= 0.6 is 0 Å². The average Bonchev–Trinajstić information content (AvgIpc) is 3.19. The number of para-hydroxylation sites is 1. The number of aryl methyl sites for hydroxylation is 1. The molecule has 0 aliphatic heterocycles. The first-order chi connectivity index (χ1) is 14.5. The maximum atomic E-state index is 12.3. The van der Waals surface area contributed by atoms with Crippen molar-refractivity contribution in [2.75, 3.05) is 24.8 Å². The third kappa shape index (κ3) is 3.91. The number of nitrogens with zero attached hydrogens (tertiary/aromatic N) is 2. The SMILES string of the molecule is COc1ccc(-c2cn3cccc(OCC(=O)Nc4ccccc4C)c3n2)cc1N. The average molecular weight is 402 g/mol. The van der Waals surface area contributed by atoms with Crippen molar-refractivity contribution in [2.24, 2.45) is 0 Å². The number of pyridine rings is 1. The first-order valence-electron chi connectivity index (χ1n) is 9.45. The minimum Gasteiger partial charge on any atom is -0.495 e. The van der Waals surface area contributed by atoms with Crippen molar-refractivity contribution in [1.82, 2.24) is 9.38 Å². The summed E-state index contributed by atoms with van der Waals surface area (Å²) in [6, 6.07) is 16.7. The van der Waals surface area contributed by atoms with Crippen molar-refractivity contribution < 1.29 is 14.3 Å². The fraction of sp³-hybridized carbons (Fsp3) is 0.130. The van der Waals surface area contributed by atoms with E-state index in [-0.39, 0.29) is 12.5 Å². The molecule has 4 rings (SSSR count). The molecule has 7 heteroatoms. The van der Waals surface area contributed by atoms with Crippen molar-refractivity contribution in [3.8, 4) is 22.8 Å². The molecule has 2 heterocycles. The lowest BCUT2D eigenvalue weighted by atomic mass is 10.1. The van der Waals surface area contributed by atoms with Gasteiger partial charge in [0.25, 0.3) is 5.91 Å². The normalized spacial score (nSPS) is 10.7. The highest BCUT2D eigenvalue weighted by Gasteiger charge is 2.12. The van der Waals surface area contributed by atoms with E-state index in [0.29, 0.717) is 22.8 Å². The minimum absolute atomic E-state index is 0.119. The number of ether oxygens (including phenoxy) is 2. The zero-order chi connectivity index (χ0) is 21.1. The third-order valence-electron chi connectivity index (χ3n) is 4.75. The lowest BCUT2D eigenvalue weighted by Gasteiger charge is -2.09. The third-order valence-corrected chi connectivity index (χ3v) is 4.75. The van der Waals surface area contributed by atoms with Gasteiger partial charge >= 0.3 is 0 Å². The van der Waals surface area contributed by atoms with E-state index in [1.807, 2.05) is 72.2 Å². The van der Waals surface area contributed by atoms with E-state index in [9.17, 15) is 4.79 Å². The van der Waals surface area contributed by atoms with Crippen LogP contribution in [0.4, 0.5) is 11.4 Å². The molecule has 0 aliphatic rings. The molecule has 0 atom stereocenters. The maximum absolute atomic E-state index is 12.3. The van der Waals surface area contributed by atoms with Crippen molar-refractivity contribution in [3.05, 3.63) is 72.6 Å². The number of methoxy groups -OCH3 is 1. The molecule has 152 valence electrons. The van der Waals surface area contributed by atoms with E-state index in [1.165, 1.54) is 0 Å². The zero-order valence-corrected chi connectivity index (χ0v) is 16.8. The molecule has 7 nitrogen and oxygen atoms in total. The van der Waals surface area contributed by atoms with Crippen LogP contribution in [-0.2, 0) is 4.79 Å². The molecule has 0 unspecified atom stereocenters. The van der Waals surface area contributed by atoms with E-state index in [4.69, 9.17) is 15.2 Å². The summed E-state index contributed by atoms with van der Waals surface area (Å²) in [6.45, 7) is 1.82. The highest BCUT2D eigenvalue weighted by Crippen LogP contribution is 2.29. The summed E-state index contributed by atoms with van der Waals surface area (Å²) in [5, 5.41) is 2.86. The monoisotopic (exact) mass is 402 g/mol. The number of aromatic nitrogens is 2. The van der Waals surface area contributed by atoms with Crippen LogP contribution in [-0.4, -0.2) is 29.0 Å². The van der Waals surface area contributed by atoms with Crippen LogP contribution < -0.4 is 20.5 Å². The fourth-order valence-corrected chi connectivity index (χ4v) is 3.18. The van der Waals surface area contributed by atoms with Crippen molar-refractivity contribution in [2.45, 2.75) is 6.92 Å². The molecule has 2 aromatic carbocycles. The number of benzene rings is 2. The first kappa shape index (κ1) is 19.3. The molecule has 0 bridgehead atoms. The minimum atomic E-state index is -0.235. The molecule has 0 aliphatic carbocycles. The number of carbonyl (C=O) groups excluding carboxylic acids is 1. The number of carbonyl (C=O) groups is 1. The Morgan fingerprint density at radius 2 is 1.97 bits per heavy atom. The summed E-state index contributed by atoms with van der Waals surface area (Å²) in [4.78, 5) is 17.0. The van der Waals surface area contributed by atoms with Gasteiger partial charge in [0.2, 0.25) is 0 Å². The Morgan fingerprint density at radius 3 is 2.73 bits per heavy atom. The highest BCUT2D eigenvalue weighted by atomic mass is 16.5. The molecule has 4 aromatic rings. The van der Waals surface area contributed by atoms with E-state index < -0.39 is 0 Å². The van der Waals surface area contributed by atoms with Crippen LogP contribution in [0, 0.1) is 6.92 Å². The van der Waals surface area contributed by atoms with Crippen LogP contribution in [0.15, 0.2) is 67.0 Å². The van der Waals surface area contributed by atoms with Crippen LogP contribution in [0.25, 0.3) is 16.9 Å². The number of fused-ring (bicyclic) bond motifs is 1. The zero-order valence-electron chi connectivity index (χ0n) is 16.8. The number of amides is 1. The lowest BCUT2D eigenvalue weighted by molar-refractivity contribution is -0.118. The van der Waals surface area contributed by atoms with Gasteiger partial charge in [-0.15, -0.1) is 0 Å². The molecule has 0 fully saturated rings. The van der Waals surface area contributed by atoms with Crippen molar-refractivity contribution >= 4 is 22.9 Å². The number of hydrogen-bond acceptors (Lipinski definition) is 5. The Labute approximate surface area is 174 Å². The van der Waals surface area contributed by atoms with Crippen LogP contribution in [0.1, 0.15) is 5.56 Å². The second-order valence-electron chi connectivity index (χ2n) is 6.84. The molecule has 1 amide bonds. The Kier molecular flexibility index (Phi) is 5.26. The van der Waals surface area contributed by atoms with Crippen LogP contribution in [0.3, 0.4) is 0 Å². The number of nitrogen functional groups attached to an aromatic ring is 1. The summed E-state index contributed by atoms with van der Waals surface area (Å²) in [5.41, 5.74) is 10.5. The van der Waals surface area contributed by atoms with Gasteiger partial charge in [0.05, 0.1) is 18.5 Å². The molecular formula is C23H22N4O3. The summed E-state index contributed by atoms with van der Waals surface area (Å²) in [6.07, 6.45) is 3.76. The highest BCUT2D eigenvalue weighted by molar-refractivity contribution is 5.92. The maximum Gasteiger partial charge on any atom is 0.262 e.